The third-order valence-electron chi connectivity index (χ3n) is 4.18. The zero-order chi connectivity index (χ0) is 16.8. The number of hydrogen-bond donors (Lipinski definition) is 2. The first-order valence-corrected chi connectivity index (χ1v) is 9.56. The van der Waals surface area contributed by atoms with Crippen molar-refractivity contribution in [1.29, 1.82) is 0 Å². The van der Waals surface area contributed by atoms with Gasteiger partial charge in [-0.2, -0.15) is 5.10 Å². The Morgan fingerprint density at radius 2 is 2.46 bits per heavy atom. The van der Waals surface area contributed by atoms with E-state index in [0.29, 0.717) is 12.0 Å². The Morgan fingerprint density at radius 1 is 1.54 bits per heavy atom. The Hall–Kier alpha value is -1.89. The molecule has 1 aliphatic rings. The summed E-state index contributed by atoms with van der Waals surface area (Å²) in [6.45, 7) is 6.91. The lowest BCUT2D eigenvalue weighted by Crippen LogP contribution is -2.47. The van der Waals surface area contributed by atoms with Gasteiger partial charge in [0.2, 0.25) is 0 Å². The molecule has 130 valence electrons. The highest BCUT2D eigenvalue weighted by atomic mass is 32.1. The minimum atomic E-state index is 0.351. The summed E-state index contributed by atoms with van der Waals surface area (Å²) in [5.74, 6) is 2.52. The molecule has 7 heteroatoms. The average molecular weight is 347 g/mol. The molecule has 0 saturated carbocycles. The molecule has 6 nitrogen and oxygen atoms in total. The third-order valence-corrected chi connectivity index (χ3v) is 5.08. The van der Waals surface area contributed by atoms with E-state index < -0.39 is 0 Å². The first-order chi connectivity index (χ1) is 11.7. The van der Waals surface area contributed by atoms with E-state index in [9.17, 15) is 0 Å². The van der Waals surface area contributed by atoms with Crippen LogP contribution in [0.3, 0.4) is 0 Å². The minimum absolute atomic E-state index is 0.351. The topological polar surface area (TPSA) is 67.1 Å². The van der Waals surface area contributed by atoms with Gasteiger partial charge in [0, 0.05) is 30.4 Å². The monoisotopic (exact) mass is 346 g/mol. The maximum atomic E-state index is 4.79. The van der Waals surface area contributed by atoms with Gasteiger partial charge in [-0.15, -0.1) is 11.3 Å². The number of hydrogen-bond acceptors (Lipinski definition) is 4. The molecule has 24 heavy (non-hydrogen) atoms. The second kappa shape index (κ2) is 8.28. The molecule has 1 aliphatic heterocycles. The van der Waals surface area contributed by atoms with Crippen LogP contribution < -0.4 is 10.6 Å². The molecule has 2 N–H and O–H groups in total. The molecule has 0 spiro atoms. The maximum Gasteiger partial charge on any atom is 0.191 e. The van der Waals surface area contributed by atoms with Crippen LogP contribution in [0.5, 0.6) is 0 Å². The summed E-state index contributed by atoms with van der Waals surface area (Å²) in [5, 5.41) is 13.3. The van der Waals surface area contributed by atoms with Crippen molar-refractivity contribution in [2.75, 3.05) is 13.1 Å². The van der Waals surface area contributed by atoms with Gasteiger partial charge in [0.1, 0.15) is 12.2 Å². The predicted molar refractivity (Wildman–Crippen MR) is 98.4 cm³/mol. The zero-order valence-corrected chi connectivity index (χ0v) is 15.2. The molecule has 0 fully saturated rings. The van der Waals surface area contributed by atoms with Gasteiger partial charge in [0.15, 0.2) is 5.96 Å². The molecule has 2 aromatic heterocycles. The van der Waals surface area contributed by atoms with Crippen LogP contribution in [0.2, 0.25) is 0 Å². The van der Waals surface area contributed by atoms with Crippen molar-refractivity contribution in [1.82, 2.24) is 25.4 Å². The van der Waals surface area contributed by atoms with Gasteiger partial charge in [-0.05, 0) is 37.1 Å². The summed E-state index contributed by atoms with van der Waals surface area (Å²) < 4.78 is 1.99. The van der Waals surface area contributed by atoms with E-state index in [2.05, 4.69) is 52.1 Å². The second-order valence-electron chi connectivity index (χ2n) is 6.35. The van der Waals surface area contributed by atoms with Gasteiger partial charge < -0.3 is 10.6 Å². The lowest BCUT2D eigenvalue weighted by Gasteiger charge is -2.25. The molecule has 0 aromatic carbocycles. The van der Waals surface area contributed by atoms with E-state index >= 15 is 0 Å². The van der Waals surface area contributed by atoms with Crippen molar-refractivity contribution < 1.29 is 0 Å². The van der Waals surface area contributed by atoms with Crippen LogP contribution >= 0.6 is 11.3 Å². The van der Waals surface area contributed by atoms with Crippen LogP contribution in [-0.4, -0.2) is 39.9 Å². The molecule has 2 unspecified atom stereocenters. The Bertz CT molecular complexity index is 648. The number of aliphatic imine (C=N–C) groups is 1. The molecule has 0 radical (unpaired) electrons. The highest BCUT2D eigenvalue weighted by Gasteiger charge is 2.20. The minimum Gasteiger partial charge on any atom is -0.357 e. The first kappa shape index (κ1) is 17.0. The molecule has 0 bridgehead atoms. The fourth-order valence-electron chi connectivity index (χ4n) is 2.95. The van der Waals surface area contributed by atoms with Crippen LogP contribution in [-0.2, 0) is 19.4 Å². The average Bonchev–Trinajstić information content (AvgIpc) is 3.23. The molecule has 3 rings (SSSR count). The Balaban J connectivity index is 1.54. The number of thiophene rings is 1. The fraction of sp³-hybridized carbons (Fsp3) is 0.588. The van der Waals surface area contributed by atoms with E-state index in [1.165, 1.54) is 4.88 Å². The quantitative estimate of drug-likeness (QED) is 0.621. The summed E-state index contributed by atoms with van der Waals surface area (Å²) >= 11 is 1.82. The Labute approximate surface area is 147 Å². The van der Waals surface area contributed by atoms with E-state index in [1.807, 2.05) is 16.0 Å². The van der Waals surface area contributed by atoms with Gasteiger partial charge >= 0.3 is 0 Å². The van der Waals surface area contributed by atoms with Crippen molar-refractivity contribution in [2.45, 2.75) is 45.7 Å². The van der Waals surface area contributed by atoms with Gasteiger partial charge in [-0.25, -0.2) is 9.67 Å². The molecule has 3 heterocycles. The molecule has 2 atom stereocenters. The fourth-order valence-corrected chi connectivity index (χ4v) is 3.82. The Kier molecular flexibility index (Phi) is 5.85. The van der Waals surface area contributed by atoms with E-state index in [1.54, 1.807) is 6.33 Å². The number of nitrogens with one attached hydrogen (secondary N) is 2. The van der Waals surface area contributed by atoms with Crippen LogP contribution in [0.4, 0.5) is 0 Å². The van der Waals surface area contributed by atoms with Crippen LogP contribution in [0.15, 0.2) is 28.8 Å². The standard InChI is InChI=1S/C17H26N6S/c1-3-18-17(19-10-13(2)9-15-5-4-8-24-15)22-14-6-7-16-20-12-21-23(16)11-14/h4-5,8,12-14H,3,6-7,9-11H2,1-2H3,(H2,18,19,22). The van der Waals surface area contributed by atoms with E-state index in [4.69, 9.17) is 4.99 Å². The summed E-state index contributed by atoms with van der Waals surface area (Å²) in [7, 11) is 0. The van der Waals surface area contributed by atoms with E-state index in [0.717, 1.165) is 50.7 Å². The number of fused-ring (bicyclic) bond motifs is 1. The van der Waals surface area contributed by atoms with Gasteiger partial charge in [-0.3, -0.25) is 4.99 Å². The SMILES string of the molecule is CCNC(=NCC(C)Cc1cccs1)NC1CCc2ncnn2C1. The van der Waals surface area contributed by atoms with Crippen molar-refractivity contribution in [3.8, 4) is 0 Å². The Morgan fingerprint density at radius 3 is 3.25 bits per heavy atom. The van der Waals surface area contributed by atoms with Crippen LogP contribution in [0.25, 0.3) is 0 Å². The van der Waals surface area contributed by atoms with Gasteiger partial charge in [0.25, 0.3) is 0 Å². The second-order valence-corrected chi connectivity index (χ2v) is 7.38. The van der Waals surface area contributed by atoms with Crippen molar-refractivity contribution >= 4 is 17.3 Å². The molecular weight excluding hydrogens is 320 g/mol. The largest absolute Gasteiger partial charge is 0.357 e. The lowest BCUT2D eigenvalue weighted by molar-refractivity contribution is 0.392. The summed E-state index contributed by atoms with van der Waals surface area (Å²) in [5.41, 5.74) is 0. The molecule has 0 aliphatic carbocycles. The van der Waals surface area contributed by atoms with Gasteiger partial charge in [-0.1, -0.05) is 13.0 Å². The summed E-state index contributed by atoms with van der Waals surface area (Å²) in [6, 6.07) is 4.67. The lowest BCUT2D eigenvalue weighted by atomic mass is 10.1. The highest BCUT2D eigenvalue weighted by Crippen LogP contribution is 2.15. The van der Waals surface area contributed by atoms with Crippen molar-refractivity contribution in [3.63, 3.8) is 0 Å². The first-order valence-electron chi connectivity index (χ1n) is 8.68. The number of nitrogens with zero attached hydrogens (tertiary/aromatic N) is 4. The van der Waals surface area contributed by atoms with Crippen molar-refractivity contribution in [2.24, 2.45) is 10.9 Å². The van der Waals surface area contributed by atoms with Crippen molar-refractivity contribution in [3.05, 3.63) is 34.5 Å². The number of rotatable bonds is 6. The third kappa shape index (κ3) is 4.56. The predicted octanol–water partition coefficient (Wildman–Crippen LogP) is 2.09. The smallest absolute Gasteiger partial charge is 0.191 e. The zero-order valence-electron chi connectivity index (χ0n) is 14.4. The molecular formula is C17H26N6S. The molecule has 0 amide bonds. The highest BCUT2D eigenvalue weighted by molar-refractivity contribution is 7.09. The summed E-state index contributed by atoms with van der Waals surface area (Å²) in [4.78, 5) is 10.5. The number of guanidine groups is 1. The van der Waals surface area contributed by atoms with E-state index in [-0.39, 0.29) is 0 Å². The number of aromatic nitrogens is 3. The normalized spacial score (nSPS) is 18.9. The van der Waals surface area contributed by atoms with Crippen LogP contribution in [0.1, 0.15) is 31.0 Å². The molecule has 2 aromatic rings. The van der Waals surface area contributed by atoms with Gasteiger partial charge in [0.05, 0.1) is 6.54 Å². The summed E-state index contributed by atoms with van der Waals surface area (Å²) in [6.07, 6.45) is 4.76. The number of aryl methyl sites for hydroxylation is 1. The molecule has 0 saturated heterocycles. The maximum absolute atomic E-state index is 4.79. The van der Waals surface area contributed by atoms with Crippen LogP contribution in [0, 0.1) is 5.92 Å².